The molecule has 0 bridgehead atoms. The Balaban J connectivity index is 0.757. The Kier molecular flexibility index (Phi) is 18.1. The molecule has 53 heteroatoms. The van der Waals surface area contributed by atoms with E-state index in [0.29, 0.717) is 0 Å². The molecule has 504 valence electrons. The average molecular weight is 1410 g/mol. The molecule has 4 aliphatic rings. The van der Waals surface area contributed by atoms with Gasteiger partial charge in [-0.25, -0.2) is 82.6 Å². The zero-order valence-corrected chi connectivity index (χ0v) is 50.7. The molecule has 4 aliphatic heterocycles. The van der Waals surface area contributed by atoms with Crippen molar-refractivity contribution < 1.29 is 133 Å². The molecule has 0 saturated carbocycles. The Morgan fingerprint density at radius 3 is 0.828 bits per heavy atom. The summed E-state index contributed by atoms with van der Waals surface area (Å²) < 4.78 is 135. The Bertz CT molecular complexity index is 4350. The van der Waals surface area contributed by atoms with Crippen molar-refractivity contribution >= 4 is 107 Å². The fraction of sp³-hybridized carbons (Fsp3) is 0.500. The molecule has 12 rings (SSSR count). The number of nitrogen functional groups attached to an aromatic ring is 4. The fourth-order valence-corrected chi connectivity index (χ4v) is 14.1. The number of aliphatic hydroxyl groups is 4. The van der Waals surface area contributed by atoms with Crippen LogP contribution in [0, 0.1) is 0 Å². The SMILES string of the molecule is Nc1ncnc2c1ncn2[C@@H]1O[C@H](COP(=O)(O)O[C@H]2[C@H](O)[C@@H](COP(=O)(O)O[C@H]3[C@H](O)[C@@H](COP(=O)(O)O[C@H]4[C@H](O)[C@@H](COP(=O)(O)O)O[C@H]4n4cnc5c(N)ncnc54)O[C@H]3n3cnc4c(N)ncnc43)O[C@H]2n2cnc3c(N)ncnc32)[C@@H](O)[C@H]1OP(=O)(O)O. The van der Waals surface area contributed by atoms with E-state index in [1.807, 2.05) is 0 Å². The number of nitrogens with two attached hydrogens (primary N) is 4. The number of hydrogen-bond donors (Lipinski definition) is 15. The maximum atomic E-state index is 14.2. The first-order chi connectivity index (χ1) is 43.8. The second-order valence-electron chi connectivity index (χ2n) is 20.4. The lowest BCUT2D eigenvalue weighted by molar-refractivity contribution is -0.0655. The lowest BCUT2D eigenvalue weighted by Crippen LogP contribution is -2.37. The van der Waals surface area contributed by atoms with Gasteiger partial charge in [-0.15, -0.1) is 0 Å². The van der Waals surface area contributed by atoms with E-state index in [4.69, 9.17) is 73.5 Å². The van der Waals surface area contributed by atoms with E-state index in [1.54, 1.807) is 0 Å². The molecule has 48 nitrogen and oxygen atoms in total. The number of aromatic nitrogens is 16. The van der Waals surface area contributed by atoms with Crippen LogP contribution in [0.15, 0.2) is 50.6 Å². The Labute approximate surface area is 514 Å². The van der Waals surface area contributed by atoms with Crippen LogP contribution in [-0.4, -0.2) is 232 Å². The van der Waals surface area contributed by atoms with Crippen LogP contribution >= 0.6 is 39.1 Å². The summed E-state index contributed by atoms with van der Waals surface area (Å²) in [6.07, 6.45) is -22.3. The predicted molar refractivity (Wildman–Crippen MR) is 295 cm³/mol. The van der Waals surface area contributed by atoms with Crippen LogP contribution in [0.2, 0.25) is 0 Å². The van der Waals surface area contributed by atoms with Gasteiger partial charge in [-0.1, -0.05) is 0 Å². The normalized spacial score (nSPS) is 30.7. The third-order valence-corrected chi connectivity index (χ3v) is 18.5. The van der Waals surface area contributed by atoms with Crippen LogP contribution in [0.3, 0.4) is 0 Å². The molecule has 12 heterocycles. The van der Waals surface area contributed by atoms with Gasteiger partial charge in [0, 0.05) is 0 Å². The van der Waals surface area contributed by atoms with Crippen molar-refractivity contribution in [2.75, 3.05) is 49.4 Å². The monoisotopic (exact) mass is 1410 g/mol. The van der Waals surface area contributed by atoms with Crippen molar-refractivity contribution in [3.05, 3.63) is 50.6 Å². The van der Waals surface area contributed by atoms with Crippen molar-refractivity contribution in [3.8, 4) is 0 Å². The minimum Gasteiger partial charge on any atom is -0.387 e. The zero-order valence-electron chi connectivity index (χ0n) is 46.2. The molecule has 0 spiro atoms. The number of aliphatic hydroxyl groups excluding tert-OH is 4. The van der Waals surface area contributed by atoms with Crippen molar-refractivity contribution in [2.45, 2.75) is 98.2 Å². The molecular formula is C40H51N20O28P5. The second kappa shape index (κ2) is 25.3. The quantitative estimate of drug-likeness (QED) is 0.0255. The molecule has 0 aliphatic carbocycles. The first-order valence-corrected chi connectivity index (χ1v) is 33.9. The lowest BCUT2D eigenvalue weighted by atomic mass is 10.1. The number of ether oxygens (including phenoxy) is 4. The van der Waals surface area contributed by atoms with Crippen molar-refractivity contribution in [1.29, 1.82) is 0 Å². The highest BCUT2D eigenvalue weighted by Crippen LogP contribution is 2.55. The molecule has 0 aromatic carbocycles. The van der Waals surface area contributed by atoms with Crippen LogP contribution < -0.4 is 22.9 Å². The van der Waals surface area contributed by atoms with E-state index in [2.05, 4.69) is 64.3 Å². The Morgan fingerprint density at radius 1 is 0.355 bits per heavy atom. The van der Waals surface area contributed by atoms with Crippen molar-refractivity contribution in [1.82, 2.24) is 78.1 Å². The maximum Gasteiger partial charge on any atom is 0.472 e. The van der Waals surface area contributed by atoms with E-state index >= 15 is 0 Å². The third-order valence-electron chi connectivity index (χ3n) is 14.5. The van der Waals surface area contributed by atoms with Gasteiger partial charge >= 0.3 is 39.1 Å². The summed E-state index contributed by atoms with van der Waals surface area (Å²) in [5.74, 6) is -0.560. The van der Waals surface area contributed by atoms with Gasteiger partial charge in [0.05, 0.1) is 51.7 Å². The van der Waals surface area contributed by atoms with E-state index in [1.165, 1.54) is 0 Å². The molecular weight excluding hydrogens is 1360 g/mol. The topological polar surface area (TPSA) is 697 Å². The van der Waals surface area contributed by atoms with Gasteiger partial charge in [-0.3, -0.25) is 54.5 Å². The van der Waals surface area contributed by atoms with E-state index < -0.39 is 164 Å². The maximum absolute atomic E-state index is 14.2. The van der Waals surface area contributed by atoms with Gasteiger partial charge in [0.15, 0.2) is 70.8 Å². The van der Waals surface area contributed by atoms with Gasteiger partial charge in [-0.2, -0.15) is 0 Å². The second-order valence-corrected chi connectivity index (χ2v) is 27.1. The summed E-state index contributed by atoms with van der Waals surface area (Å²) in [6, 6.07) is 0. The van der Waals surface area contributed by atoms with Crippen molar-refractivity contribution in [2.24, 2.45) is 0 Å². The van der Waals surface area contributed by atoms with Crippen LogP contribution in [0.1, 0.15) is 24.9 Å². The fourth-order valence-electron chi connectivity index (χ4n) is 10.4. The highest BCUT2D eigenvalue weighted by Gasteiger charge is 2.56. The highest BCUT2D eigenvalue weighted by molar-refractivity contribution is 7.48. The standard InChI is InChI=1S/C40H51N20O28P5/c41-29-17-33(49-5-45-29)57(9-53-17)37-25(85-90(68,69)70)21(61)14(82-37)2-78-91(71,72)87-27-23(63)16(84-39(27)59-11-55-19-31(43)47-7-51-35(19)59)4-80-93(75,76)88-28-24(64)15(83-40(28)60-12-56-20-32(44)48-8-52-36(20)60)3-79-92(73,74)86-26-22(62)13(1-77-89(65,66)67)81-38(26)58-10-54-18-30(42)46-6-50-34(18)58/h5-16,21-28,37-40,61-64H,1-4H2,(H,71,72)(H,73,74)(H,75,76)(H2,41,45,49)(H2,42,46,50)(H2,43,47,51)(H2,44,48,52)(H2,65,66,67)(H2,68,69,70)/t13-,14-,15-,16-,21-,22-,23-,24-,25-,26+,27+,28+,37-,38-,39-,40-/m1/s1. The summed E-state index contributed by atoms with van der Waals surface area (Å²) in [5, 5.41) is 46.3. The average Bonchev–Trinajstić information content (AvgIpc) is 1.64. The van der Waals surface area contributed by atoms with Crippen molar-refractivity contribution in [3.63, 3.8) is 0 Å². The number of hydrogen-bond acceptors (Lipinski definition) is 37. The molecule has 4 fully saturated rings. The summed E-state index contributed by atoms with van der Waals surface area (Å²) in [5.41, 5.74) is 23.4. The first-order valence-electron chi connectivity index (χ1n) is 26.3. The predicted octanol–water partition coefficient (Wildman–Crippen LogP) is -4.20. The lowest BCUT2D eigenvalue weighted by Gasteiger charge is -2.25. The number of phosphoric acid groups is 5. The van der Waals surface area contributed by atoms with E-state index in [0.717, 1.165) is 68.9 Å². The minimum absolute atomic E-state index is 0.000116. The molecule has 3 unspecified atom stereocenters. The molecule has 19 atom stereocenters. The Morgan fingerprint density at radius 2 is 0.591 bits per heavy atom. The van der Waals surface area contributed by atoms with Gasteiger partial charge in [-0.05, 0) is 0 Å². The van der Waals surface area contributed by atoms with Gasteiger partial charge in [0.2, 0.25) is 0 Å². The van der Waals surface area contributed by atoms with Gasteiger partial charge in [0.25, 0.3) is 0 Å². The van der Waals surface area contributed by atoms with Crippen LogP contribution in [0.4, 0.5) is 23.3 Å². The zero-order chi connectivity index (χ0) is 66.4. The first kappa shape index (κ1) is 66.6. The minimum atomic E-state index is -5.68. The van der Waals surface area contributed by atoms with E-state index in [-0.39, 0.29) is 67.9 Å². The summed E-state index contributed by atoms with van der Waals surface area (Å²) in [4.78, 5) is 120. The molecule has 93 heavy (non-hydrogen) atoms. The number of rotatable bonds is 24. The largest absolute Gasteiger partial charge is 0.472 e. The molecule has 0 amide bonds. The molecule has 0 radical (unpaired) electrons. The third kappa shape index (κ3) is 13.6. The number of anilines is 4. The summed E-state index contributed by atoms with van der Waals surface area (Å²) in [7, 11) is -27.4. The molecule has 8 aromatic heterocycles. The van der Waals surface area contributed by atoms with E-state index in [9.17, 15) is 77.5 Å². The van der Waals surface area contributed by atoms with Crippen LogP contribution in [-0.2, 0) is 78.0 Å². The van der Waals surface area contributed by atoms with Gasteiger partial charge < -0.3 is 96.6 Å². The molecule has 8 aromatic rings. The Hall–Kier alpha value is -6.37. The molecule has 4 saturated heterocycles. The smallest absolute Gasteiger partial charge is 0.387 e. The number of phosphoric ester groups is 5. The highest BCUT2D eigenvalue weighted by atomic mass is 31.2. The van der Waals surface area contributed by atoms with Crippen LogP contribution in [0.25, 0.3) is 44.7 Å². The number of fused-ring (bicyclic) bond motifs is 4. The summed E-state index contributed by atoms with van der Waals surface area (Å²) in [6.45, 7) is -4.43. The number of imidazole rings is 4. The van der Waals surface area contributed by atoms with Crippen LogP contribution in [0.5, 0.6) is 0 Å². The number of nitrogens with zero attached hydrogens (tertiary/aromatic N) is 16. The van der Waals surface area contributed by atoms with Gasteiger partial charge in [0.1, 0.15) is 121 Å². The molecule has 19 N–H and O–H groups in total. The summed E-state index contributed by atoms with van der Waals surface area (Å²) >= 11 is 0.